The summed E-state index contributed by atoms with van der Waals surface area (Å²) in [7, 11) is 0. The summed E-state index contributed by atoms with van der Waals surface area (Å²) in [6.07, 6.45) is 3.26. The van der Waals surface area contributed by atoms with Gasteiger partial charge in [-0.25, -0.2) is 4.98 Å². The van der Waals surface area contributed by atoms with Crippen LogP contribution in [0.2, 0.25) is 5.15 Å². The van der Waals surface area contributed by atoms with Gasteiger partial charge in [-0.15, -0.1) is 0 Å². The molecular formula is C9H11ClN2O. The van der Waals surface area contributed by atoms with Crippen molar-refractivity contribution in [3.63, 3.8) is 0 Å². The lowest BCUT2D eigenvalue weighted by molar-refractivity contribution is 0.318. The van der Waals surface area contributed by atoms with Crippen molar-refractivity contribution in [3.05, 3.63) is 29.0 Å². The average Bonchev–Trinajstić information content (AvgIpc) is 2.14. The first-order valence-corrected chi connectivity index (χ1v) is 4.48. The SMILES string of the molecule is CCCC(=NO)c1ccnc(Cl)c1. The highest BCUT2D eigenvalue weighted by atomic mass is 35.5. The molecule has 0 spiro atoms. The molecule has 0 fully saturated rings. The molecule has 3 nitrogen and oxygen atoms in total. The fourth-order valence-corrected chi connectivity index (χ4v) is 1.24. The second kappa shape index (κ2) is 4.82. The molecule has 0 aliphatic carbocycles. The van der Waals surface area contributed by atoms with E-state index in [9.17, 15) is 0 Å². The van der Waals surface area contributed by atoms with E-state index >= 15 is 0 Å². The Kier molecular flexibility index (Phi) is 3.71. The average molecular weight is 199 g/mol. The van der Waals surface area contributed by atoms with Gasteiger partial charge in [-0.2, -0.15) is 0 Å². The summed E-state index contributed by atoms with van der Waals surface area (Å²) in [5.74, 6) is 0. The van der Waals surface area contributed by atoms with Gasteiger partial charge in [-0.3, -0.25) is 0 Å². The smallest absolute Gasteiger partial charge is 0.129 e. The van der Waals surface area contributed by atoms with Gasteiger partial charge in [0.05, 0.1) is 5.71 Å². The Morgan fingerprint density at radius 2 is 2.46 bits per heavy atom. The monoisotopic (exact) mass is 198 g/mol. The van der Waals surface area contributed by atoms with E-state index < -0.39 is 0 Å². The molecule has 13 heavy (non-hydrogen) atoms. The highest BCUT2D eigenvalue weighted by molar-refractivity contribution is 6.29. The van der Waals surface area contributed by atoms with Crippen molar-refractivity contribution in [3.8, 4) is 0 Å². The van der Waals surface area contributed by atoms with Crippen molar-refractivity contribution < 1.29 is 5.21 Å². The third-order valence-electron chi connectivity index (χ3n) is 1.67. The van der Waals surface area contributed by atoms with E-state index in [1.807, 2.05) is 6.92 Å². The highest BCUT2D eigenvalue weighted by Crippen LogP contribution is 2.10. The van der Waals surface area contributed by atoms with Crippen LogP contribution in [0.15, 0.2) is 23.5 Å². The molecule has 0 unspecified atom stereocenters. The van der Waals surface area contributed by atoms with Gasteiger partial charge in [0.25, 0.3) is 0 Å². The number of rotatable bonds is 3. The molecule has 1 heterocycles. The molecule has 0 atom stereocenters. The minimum Gasteiger partial charge on any atom is -0.411 e. The molecule has 0 saturated heterocycles. The zero-order valence-electron chi connectivity index (χ0n) is 7.37. The molecule has 1 aromatic rings. The summed E-state index contributed by atoms with van der Waals surface area (Å²) >= 11 is 5.70. The second-order valence-corrected chi connectivity index (χ2v) is 3.05. The number of aromatic nitrogens is 1. The summed E-state index contributed by atoms with van der Waals surface area (Å²) in [5.41, 5.74) is 1.47. The summed E-state index contributed by atoms with van der Waals surface area (Å²) in [6.45, 7) is 2.02. The summed E-state index contributed by atoms with van der Waals surface area (Å²) in [5, 5.41) is 12.4. The maximum atomic E-state index is 8.73. The van der Waals surface area contributed by atoms with Crippen LogP contribution in [-0.2, 0) is 0 Å². The molecular weight excluding hydrogens is 188 g/mol. The summed E-state index contributed by atoms with van der Waals surface area (Å²) < 4.78 is 0. The molecule has 1 N–H and O–H groups in total. The van der Waals surface area contributed by atoms with Crippen LogP contribution < -0.4 is 0 Å². The largest absolute Gasteiger partial charge is 0.411 e. The van der Waals surface area contributed by atoms with Gasteiger partial charge >= 0.3 is 0 Å². The van der Waals surface area contributed by atoms with Gasteiger partial charge in [-0.1, -0.05) is 30.1 Å². The standard InChI is InChI=1S/C9H11ClN2O/c1-2-3-8(12-13)7-4-5-11-9(10)6-7/h4-6,13H,2-3H2,1H3. The van der Waals surface area contributed by atoms with Crippen LogP contribution in [0.5, 0.6) is 0 Å². The molecule has 0 bridgehead atoms. The van der Waals surface area contributed by atoms with Gasteiger partial charge < -0.3 is 5.21 Å². The first-order valence-electron chi connectivity index (χ1n) is 4.10. The quantitative estimate of drug-likeness (QED) is 0.351. The molecule has 0 radical (unpaired) electrons. The lowest BCUT2D eigenvalue weighted by atomic mass is 10.1. The Morgan fingerprint density at radius 3 is 3.00 bits per heavy atom. The zero-order chi connectivity index (χ0) is 9.68. The van der Waals surface area contributed by atoms with Crippen molar-refractivity contribution in [2.24, 2.45) is 5.16 Å². The fourth-order valence-electron chi connectivity index (χ4n) is 1.07. The summed E-state index contributed by atoms with van der Waals surface area (Å²) in [6, 6.07) is 3.46. The van der Waals surface area contributed by atoms with Crippen molar-refractivity contribution >= 4 is 17.3 Å². The van der Waals surface area contributed by atoms with Gasteiger partial charge in [-0.05, 0) is 18.6 Å². The maximum Gasteiger partial charge on any atom is 0.129 e. The van der Waals surface area contributed by atoms with Crippen molar-refractivity contribution in [1.29, 1.82) is 0 Å². The molecule has 4 heteroatoms. The first-order chi connectivity index (χ1) is 6.27. The highest BCUT2D eigenvalue weighted by Gasteiger charge is 2.03. The Balaban J connectivity index is 2.92. The van der Waals surface area contributed by atoms with Crippen LogP contribution in [0.25, 0.3) is 0 Å². The van der Waals surface area contributed by atoms with E-state index in [-0.39, 0.29) is 0 Å². The number of pyridine rings is 1. The van der Waals surface area contributed by atoms with Crippen LogP contribution in [-0.4, -0.2) is 15.9 Å². The number of oxime groups is 1. The van der Waals surface area contributed by atoms with Crippen LogP contribution in [0.3, 0.4) is 0 Å². The molecule has 1 aromatic heterocycles. The van der Waals surface area contributed by atoms with Gasteiger partial charge in [0, 0.05) is 11.8 Å². The van der Waals surface area contributed by atoms with E-state index in [1.54, 1.807) is 18.3 Å². The predicted octanol–water partition coefficient (Wildman–Crippen LogP) is 2.71. The molecule has 1 rings (SSSR count). The van der Waals surface area contributed by atoms with E-state index in [0.29, 0.717) is 10.9 Å². The normalized spacial score (nSPS) is 11.7. The molecule has 0 saturated carbocycles. The lowest BCUT2D eigenvalue weighted by Crippen LogP contribution is -2.00. The minimum absolute atomic E-state index is 0.412. The zero-order valence-corrected chi connectivity index (χ0v) is 8.12. The van der Waals surface area contributed by atoms with Gasteiger partial charge in [0.1, 0.15) is 5.15 Å². The second-order valence-electron chi connectivity index (χ2n) is 2.66. The van der Waals surface area contributed by atoms with Crippen LogP contribution in [0.4, 0.5) is 0 Å². The third-order valence-corrected chi connectivity index (χ3v) is 1.87. The maximum absolute atomic E-state index is 8.73. The Morgan fingerprint density at radius 1 is 1.69 bits per heavy atom. The first kappa shape index (κ1) is 9.99. The predicted molar refractivity (Wildman–Crippen MR) is 52.5 cm³/mol. The summed E-state index contributed by atoms with van der Waals surface area (Å²) in [4.78, 5) is 3.85. The number of halogens is 1. The van der Waals surface area contributed by atoms with Gasteiger partial charge in [0.2, 0.25) is 0 Å². The Labute approximate surface area is 82.1 Å². The molecule has 0 aliphatic heterocycles. The minimum atomic E-state index is 0.412. The topological polar surface area (TPSA) is 45.5 Å². The molecule has 0 aliphatic rings. The molecule has 70 valence electrons. The third kappa shape index (κ3) is 2.70. The van der Waals surface area contributed by atoms with E-state index in [0.717, 1.165) is 18.4 Å². The van der Waals surface area contributed by atoms with E-state index in [2.05, 4.69) is 10.1 Å². The van der Waals surface area contributed by atoms with Crippen LogP contribution in [0.1, 0.15) is 25.3 Å². The lowest BCUT2D eigenvalue weighted by Gasteiger charge is -2.01. The fraction of sp³-hybridized carbons (Fsp3) is 0.333. The van der Waals surface area contributed by atoms with Gasteiger partial charge in [0.15, 0.2) is 0 Å². The van der Waals surface area contributed by atoms with Crippen molar-refractivity contribution in [1.82, 2.24) is 4.98 Å². The number of nitrogens with zero attached hydrogens (tertiary/aromatic N) is 2. The van der Waals surface area contributed by atoms with Crippen molar-refractivity contribution in [2.45, 2.75) is 19.8 Å². The van der Waals surface area contributed by atoms with Crippen molar-refractivity contribution in [2.75, 3.05) is 0 Å². The number of hydrogen-bond acceptors (Lipinski definition) is 3. The number of hydrogen-bond donors (Lipinski definition) is 1. The molecule has 0 aromatic carbocycles. The van der Waals surface area contributed by atoms with Crippen LogP contribution >= 0.6 is 11.6 Å². The molecule has 0 amide bonds. The van der Waals surface area contributed by atoms with E-state index in [4.69, 9.17) is 16.8 Å². The van der Waals surface area contributed by atoms with E-state index in [1.165, 1.54) is 0 Å². The Bertz CT molecular complexity index is 312. The van der Waals surface area contributed by atoms with Crippen LogP contribution in [0, 0.1) is 0 Å². The Hall–Kier alpha value is -1.09.